The molecule has 0 fully saturated rings. The fourth-order valence-corrected chi connectivity index (χ4v) is 9.29. The van der Waals surface area contributed by atoms with Crippen LogP contribution in [-0.2, 0) is 0 Å². The van der Waals surface area contributed by atoms with Gasteiger partial charge in [-0.05, 0) is 114 Å². The van der Waals surface area contributed by atoms with Gasteiger partial charge in [-0.3, -0.25) is 0 Å². The molecule has 2 nitrogen and oxygen atoms in total. The smallest absolute Gasteiger partial charge is 0.143 e. The van der Waals surface area contributed by atoms with Crippen LogP contribution in [0.2, 0.25) is 0 Å². The molecular formula is C58H37NO. The Hall–Kier alpha value is -7.94. The maximum atomic E-state index is 6.50. The molecular weight excluding hydrogens is 727 g/mol. The number of rotatable bonds is 6. The Bertz CT molecular complexity index is 3590. The molecule has 0 saturated heterocycles. The third kappa shape index (κ3) is 5.65. The minimum Gasteiger partial charge on any atom is -0.455 e. The van der Waals surface area contributed by atoms with E-state index in [1.165, 1.54) is 59.8 Å². The van der Waals surface area contributed by atoms with Crippen LogP contribution in [0.4, 0.5) is 17.1 Å². The molecule has 0 unspecified atom stereocenters. The summed E-state index contributed by atoms with van der Waals surface area (Å²) >= 11 is 0. The normalized spacial score (nSPS) is 11.7. The summed E-state index contributed by atoms with van der Waals surface area (Å²) in [5.74, 6) is 0. The molecule has 11 aromatic carbocycles. The first kappa shape index (κ1) is 34.1. The Kier molecular flexibility index (Phi) is 7.89. The van der Waals surface area contributed by atoms with E-state index in [0.29, 0.717) is 0 Å². The van der Waals surface area contributed by atoms with E-state index in [-0.39, 0.29) is 0 Å². The van der Waals surface area contributed by atoms with E-state index in [9.17, 15) is 0 Å². The van der Waals surface area contributed by atoms with Gasteiger partial charge in [0.25, 0.3) is 0 Å². The van der Waals surface area contributed by atoms with Gasteiger partial charge < -0.3 is 9.32 Å². The topological polar surface area (TPSA) is 16.4 Å². The van der Waals surface area contributed by atoms with Crippen molar-refractivity contribution in [1.82, 2.24) is 0 Å². The number of benzene rings is 11. The highest BCUT2D eigenvalue weighted by Gasteiger charge is 2.19. The standard InChI is InChI=1S/C58H37NO/c1-2-12-39(13-3-1)51-22-11-23-54-55-36-44(29-33-57(55)60-58(51)54)41-24-25-43-35-47(32-28-42(43)34-41)59(56-37-45-15-5-7-18-50(45)52-19-8-9-20-53(52)56)46-30-26-40(27-31-46)49-21-10-16-38-14-4-6-17-48(38)49/h1-37H. The molecule has 0 aliphatic carbocycles. The fourth-order valence-electron chi connectivity index (χ4n) is 9.29. The quantitative estimate of drug-likeness (QED) is 0.157. The average Bonchev–Trinajstić information content (AvgIpc) is 3.70. The Balaban J connectivity index is 0.975. The van der Waals surface area contributed by atoms with Crippen molar-refractivity contribution in [3.63, 3.8) is 0 Å². The second-order valence-corrected chi connectivity index (χ2v) is 15.7. The minimum atomic E-state index is 0.897. The zero-order chi connectivity index (χ0) is 39.6. The molecule has 0 aliphatic rings. The van der Waals surface area contributed by atoms with E-state index in [1.807, 2.05) is 6.07 Å². The molecule has 12 rings (SSSR count). The number of hydrogen-bond acceptors (Lipinski definition) is 2. The van der Waals surface area contributed by atoms with Gasteiger partial charge in [0.1, 0.15) is 11.2 Å². The molecule has 0 spiro atoms. The summed E-state index contributed by atoms with van der Waals surface area (Å²) in [4.78, 5) is 2.43. The Labute approximate surface area is 347 Å². The Morgan fingerprint density at radius 2 is 0.867 bits per heavy atom. The van der Waals surface area contributed by atoms with Crippen LogP contribution in [0.25, 0.3) is 98.4 Å². The van der Waals surface area contributed by atoms with Crippen LogP contribution in [-0.4, -0.2) is 0 Å². The molecule has 60 heavy (non-hydrogen) atoms. The summed E-state index contributed by atoms with van der Waals surface area (Å²) in [5, 5.41) is 12.1. The van der Waals surface area contributed by atoms with Crippen molar-refractivity contribution in [2.45, 2.75) is 0 Å². The molecule has 12 aromatic rings. The fraction of sp³-hybridized carbons (Fsp3) is 0. The third-order valence-corrected chi connectivity index (χ3v) is 12.2. The molecule has 2 heteroatoms. The minimum absolute atomic E-state index is 0.897. The predicted molar refractivity (Wildman–Crippen MR) is 255 cm³/mol. The highest BCUT2D eigenvalue weighted by atomic mass is 16.3. The lowest BCUT2D eigenvalue weighted by atomic mass is 9.96. The van der Waals surface area contributed by atoms with Crippen LogP contribution in [0.1, 0.15) is 0 Å². The van der Waals surface area contributed by atoms with Crippen LogP contribution in [0.15, 0.2) is 229 Å². The van der Waals surface area contributed by atoms with E-state index in [2.05, 4.69) is 223 Å². The van der Waals surface area contributed by atoms with Crippen LogP contribution >= 0.6 is 0 Å². The molecule has 1 heterocycles. The van der Waals surface area contributed by atoms with E-state index in [4.69, 9.17) is 4.42 Å². The van der Waals surface area contributed by atoms with Gasteiger partial charge >= 0.3 is 0 Å². The molecule has 0 atom stereocenters. The summed E-state index contributed by atoms with van der Waals surface area (Å²) < 4.78 is 6.50. The lowest BCUT2D eigenvalue weighted by Gasteiger charge is -2.28. The van der Waals surface area contributed by atoms with E-state index >= 15 is 0 Å². The van der Waals surface area contributed by atoms with Crippen LogP contribution in [0, 0.1) is 0 Å². The van der Waals surface area contributed by atoms with E-state index in [0.717, 1.165) is 55.7 Å². The second-order valence-electron chi connectivity index (χ2n) is 15.7. The van der Waals surface area contributed by atoms with Crippen molar-refractivity contribution in [3.8, 4) is 33.4 Å². The van der Waals surface area contributed by atoms with Gasteiger partial charge in [0.15, 0.2) is 0 Å². The lowest BCUT2D eigenvalue weighted by Crippen LogP contribution is -2.10. The van der Waals surface area contributed by atoms with Crippen molar-refractivity contribution in [3.05, 3.63) is 224 Å². The summed E-state index contributed by atoms with van der Waals surface area (Å²) in [6.07, 6.45) is 0. The number of furan rings is 1. The van der Waals surface area contributed by atoms with Gasteiger partial charge in [-0.15, -0.1) is 0 Å². The number of para-hydroxylation sites is 1. The number of nitrogens with zero attached hydrogens (tertiary/aromatic N) is 1. The molecule has 0 N–H and O–H groups in total. The first-order valence-corrected chi connectivity index (χ1v) is 20.6. The molecule has 1 aromatic heterocycles. The largest absolute Gasteiger partial charge is 0.455 e. The van der Waals surface area contributed by atoms with Crippen molar-refractivity contribution in [2.24, 2.45) is 0 Å². The highest BCUT2D eigenvalue weighted by molar-refractivity contribution is 6.15. The van der Waals surface area contributed by atoms with Crippen LogP contribution < -0.4 is 4.90 Å². The van der Waals surface area contributed by atoms with Crippen LogP contribution in [0.3, 0.4) is 0 Å². The monoisotopic (exact) mass is 763 g/mol. The first-order valence-electron chi connectivity index (χ1n) is 20.6. The number of anilines is 3. The predicted octanol–water partition coefficient (Wildman–Crippen LogP) is 16.7. The maximum Gasteiger partial charge on any atom is 0.143 e. The van der Waals surface area contributed by atoms with Crippen molar-refractivity contribution in [1.29, 1.82) is 0 Å². The van der Waals surface area contributed by atoms with E-state index in [1.54, 1.807) is 0 Å². The summed E-state index contributed by atoms with van der Waals surface area (Å²) in [5.41, 5.74) is 12.2. The molecule has 0 radical (unpaired) electrons. The molecule has 0 amide bonds. The zero-order valence-corrected chi connectivity index (χ0v) is 32.7. The third-order valence-electron chi connectivity index (χ3n) is 12.2. The molecule has 0 aliphatic heterocycles. The van der Waals surface area contributed by atoms with Gasteiger partial charge in [0.2, 0.25) is 0 Å². The van der Waals surface area contributed by atoms with Crippen molar-refractivity contribution < 1.29 is 4.42 Å². The van der Waals surface area contributed by atoms with Crippen molar-refractivity contribution >= 4 is 82.1 Å². The van der Waals surface area contributed by atoms with Gasteiger partial charge in [0, 0.05) is 33.1 Å². The highest BCUT2D eigenvalue weighted by Crippen LogP contribution is 2.44. The Morgan fingerprint density at radius 1 is 0.283 bits per heavy atom. The van der Waals surface area contributed by atoms with E-state index < -0.39 is 0 Å². The molecule has 0 saturated carbocycles. The van der Waals surface area contributed by atoms with Gasteiger partial charge in [-0.1, -0.05) is 176 Å². The second kappa shape index (κ2) is 13.9. The number of hydrogen-bond donors (Lipinski definition) is 0. The van der Waals surface area contributed by atoms with Gasteiger partial charge in [0.05, 0.1) is 5.69 Å². The maximum absolute atomic E-state index is 6.50. The van der Waals surface area contributed by atoms with Gasteiger partial charge in [-0.2, -0.15) is 0 Å². The summed E-state index contributed by atoms with van der Waals surface area (Å²) in [6, 6.07) is 81.3. The molecule has 0 bridgehead atoms. The van der Waals surface area contributed by atoms with Crippen molar-refractivity contribution in [2.75, 3.05) is 4.90 Å². The lowest BCUT2D eigenvalue weighted by molar-refractivity contribution is 0.670. The summed E-state index contributed by atoms with van der Waals surface area (Å²) in [7, 11) is 0. The zero-order valence-electron chi connectivity index (χ0n) is 32.7. The summed E-state index contributed by atoms with van der Waals surface area (Å²) in [6.45, 7) is 0. The van der Waals surface area contributed by atoms with Crippen LogP contribution in [0.5, 0.6) is 0 Å². The molecule has 280 valence electrons. The number of fused-ring (bicyclic) bond motifs is 8. The van der Waals surface area contributed by atoms with Gasteiger partial charge in [-0.25, -0.2) is 0 Å². The Morgan fingerprint density at radius 3 is 1.73 bits per heavy atom. The SMILES string of the molecule is c1ccc(-c2cccc3c2oc2ccc(-c4ccc5cc(N(c6ccc(-c7cccc8ccccc78)cc6)c6cc7ccccc7c7ccccc67)ccc5c4)cc23)cc1. The average molecular weight is 764 g/mol. The first-order chi connectivity index (χ1) is 29.7.